The van der Waals surface area contributed by atoms with Crippen LogP contribution in [0.2, 0.25) is 0 Å². The average Bonchev–Trinajstić information content (AvgIpc) is 3.14. The maximum atomic E-state index is 11.8. The van der Waals surface area contributed by atoms with Crippen LogP contribution < -0.4 is 15.0 Å². The summed E-state index contributed by atoms with van der Waals surface area (Å²) in [5.41, 5.74) is 0.855. The number of benzene rings is 1. The van der Waals surface area contributed by atoms with E-state index in [1.165, 1.54) is 11.3 Å². The van der Waals surface area contributed by atoms with Crippen LogP contribution in [0.1, 0.15) is 17.8 Å². The lowest BCUT2D eigenvalue weighted by Crippen LogP contribution is -2.23. The van der Waals surface area contributed by atoms with Crippen LogP contribution in [0, 0.1) is 6.92 Å². The summed E-state index contributed by atoms with van der Waals surface area (Å²) in [5, 5.41) is 11.5. The molecule has 1 fully saturated rings. The van der Waals surface area contributed by atoms with Crippen molar-refractivity contribution in [1.29, 1.82) is 0 Å². The van der Waals surface area contributed by atoms with E-state index in [-0.39, 0.29) is 18.4 Å². The summed E-state index contributed by atoms with van der Waals surface area (Å²) in [6.07, 6.45) is 1.49. The third-order valence-corrected chi connectivity index (χ3v) is 4.12. The van der Waals surface area contributed by atoms with E-state index >= 15 is 0 Å². The van der Waals surface area contributed by atoms with Crippen LogP contribution >= 0.6 is 11.3 Å². The van der Waals surface area contributed by atoms with Gasteiger partial charge in [0.05, 0.1) is 0 Å². The molecule has 1 aliphatic rings. The molecule has 0 unspecified atom stereocenters. The molecule has 1 aliphatic heterocycles. The second-order valence-electron chi connectivity index (χ2n) is 5.11. The van der Waals surface area contributed by atoms with Crippen molar-refractivity contribution in [2.24, 2.45) is 0 Å². The molecule has 1 N–H and O–H groups in total. The first-order valence-corrected chi connectivity index (χ1v) is 8.06. The molecule has 0 bridgehead atoms. The molecule has 2 amide bonds. The molecule has 0 spiro atoms. The maximum absolute atomic E-state index is 11.8. The molecule has 0 aliphatic carbocycles. The van der Waals surface area contributed by atoms with E-state index in [0.717, 1.165) is 23.7 Å². The number of aromatic nitrogens is 2. The van der Waals surface area contributed by atoms with Crippen LogP contribution in [-0.2, 0) is 9.59 Å². The van der Waals surface area contributed by atoms with Gasteiger partial charge in [0.1, 0.15) is 10.8 Å². The van der Waals surface area contributed by atoms with Crippen LogP contribution in [0.25, 0.3) is 0 Å². The largest absolute Gasteiger partial charge is 0.484 e. The fourth-order valence-electron chi connectivity index (χ4n) is 2.29. The first kappa shape index (κ1) is 15.4. The van der Waals surface area contributed by atoms with Crippen LogP contribution in [-0.4, -0.2) is 35.2 Å². The average molecular weight is 332 g/mol. The molecule has 1 aromatic carbocycles. The van der Waals surface area contributed by atoms with Crippen molar-refractivity contribution in [1.82, 2.24) is 10.2 Å². The van der Waals surface area contributed by atoms with Gasteiger partial charge in [0, 0.05) is 18.7 Å². The van der Waals surface area contributed by atoms with Gasteiger partial charge < -0.3 is 9.64 Å². The number of aryl methyl sites for hydroxylation is 1. The molecule has 2 aromatic rings. The smallest absolute Gasteiger partial charge is 0.264 e. The fraction of sp³-hybridized carbons (Fsp3) is 0.333. The topological polar surface area (TPSA) is 84.4 Å². The molecule has 0 saturated carbocycles. The summed E-state index contributed by atoms with van der Waals surface area (Å²) in [7, 11) is 0. The van der Waals surface area contributed by atoms with E-state index < -0.39 is 0 Å². The number of amides is 2. The molecule has 7 nitrogen and oxygen atoms in total. The predicted octanol–water partition coefficient (Wildman–Crippen LogP) is 1.99. The minimum atomic E-state index is -0.292. The maximum Gasteiger partial charge on any atom is 0.264 e. The van der Waals surface area contributed by atoms with Crippen LogP contribution in [0.3, 0.4) is 0 Å². The zero-order valence-electron chi connectivity index (χ0n) is 12.6. The molecule has 1 aromatic heterocycles. The van der Waals surface area contributed by atoms with Crippen molar-refractivity contribution in [3.05, 3.63) is 29.3 Å². The molecule has 3 rings (SSSR count). The number of hydrogen-bond acceptors (Lipinski definition) is 6. The zero-order valence-corrected chi connectivity index (χ0v) is 13.4. The highest BCUT2D eigenvalue weighted by molar-refractivity contribution is 7.15. The number of anilines is 2. The standard InChI is InChI=1S/C15H16N4O3S/c1-10-17-18-15(23-10)16-13(20)9-22-12-6-4-11(5-7-12)19-8-2-3-14(19)21/h4-7H,2-3,8-9H2,1H3,(H,16,18,20). The van der Waals surface area contributed by atoms with Gasteiger partial charge >= 0.3 is 0 Å². The number of nitrogens with zero attached hydrogens (tertiary/aromatic N) is 3. The van der Waals surface area contributed by atoms with Gasteiger partial charge in [-0.15, -0.1) is 10.2 Å². The molecule has 23 heavy (non-hydrogen) atoms. The van der Waals surface area contributed by atoms with Crippen molar-refractivity contribution in [3.8, 4) is 5.75 Å². The number of rotatable bonds is 5. The third kappa shape index (κ3) is 3.84. The highest BCUT2D eigenvalue weighted by Crippen LogP contribution is 2.23. The van der Waals surface area contributed by atoms with Crippen molar-refractivity contribution in [2.75, 3.05) is 23.4 Å². The first-order chi connectivity index (χ1) is 11.1. The van der Waals surface area contributed by atoms with Gasteiger partial charge in [-0.3, -0.25) is 14.9 Å². The Balaban J connectivity index is 1.52. The van der Waals surface area contributed by atoms with Crippen LogP contribution in [0.5, 0.6) is 5.75 Å². The van der Waals surface area contributed by atoms with Gasteiger partial charge in [-0.05, 0) is 37.6 Å². The number of hydrogen-bond donors (Lipinski definition) is 1. The van der Waals surface area contributed by atoms with Crippen molar-refractivity contribution < 1.29 is 14.3 Å². The summed E-state index contributed by atoms with van der Waals surface area (Å²) in [6, 6.07) is 7.15. The lowest BCUT2D eigenvalue weighted by Gasteiger charge is -2.16. The van der Waals surface area contributed by atoms with Gasteiger partial charge in [-0.1, -0.05) is 11.3 Å². The quantitative estimate of drug-likeness (QED) is 0.905. The predicted molar refractivity (Wildman–Crippen MR) is 86.8 cm³/mol. The number of carbonyl (C=O) groups excluding carboxylic acids is 2. The number of carbonyl (C=O) groups is 2. The van der Waals surface area contributed by atoms with E-state index in [4.69, 9.17) is 4.74 Å². The Kier molecular flexibility index (Phi) is 4.52. The summed E-state index contributed by atoms with van der Waals surface area (Å²) >= 11 is 1.31. The van der Waals surface area contributed by atoms with Gasteiger partial charge in [0.25, 0.3) is 5.91 Å². The first-order valence-electron chi connectivity index (χ1n) is 7.25. The van der Waals surface area contributed by atoms with Crippen LogP contribution in [0.4, 0.5) is 10.8 Å². The molecule has 8 heteroatoms. The Labute approximate surface area is 137 Å². The van der Waals surface area contributed by atoms with E-state index in [1.807, 2.05) is 19.1 Å². The summed E-state index contributed by atoms with van der Waals surface area (Å²) in [5.74, 6) is 0.425. The van der Waals surface area contributed by atoms with Gasteiger partial charge in [-0.25, -0.2) is 0 Å². The lowest BCUT2D eigenvalue weighted by atomic mass is 10.3. The van der Waals surface area contributed by atoms with Crippen LogP contribution in [0.15, 0.2) is 24.3 Å². The Morgan fingerprint density at radius 1 is 1.35 bits per heavy atom. The molecule has 0 radical (unpaired) electrons. The molecule has 120 valence electrons. The molecule has 2 heterocycles. The normalized spacial score (nSPS) is 14.1. The SMILES string of the molecule is Cc1nnc(NC(=O)COc2ccc(N3CCCC3=O)cc2)s1. The Hall–Kier alpha value is -2.48. The van der Waals surface area contributed by atoms with Crippen molar-refractivity contribution in [2.45, 2.75) is 19.8 Å². The van der Waals surface area contributed by atoms with E-state index in [1.54, 1.807) is 17.0 Å². The highest BCUT2D eigenvalue weighted by Gasteiger charge is 2.21. The van der Waals surface area contributed by atoms with E-state index in [0.29, 0.717) is 17.3 Å². The molecule has 1 saturated heterocycles. The van der Waals surface area contributed by atoms with E-state index in [2.05, 4.69) is 15.5 Å². The molecular weight excluding hydrogens is 316 g/mol. The Morgan fingerprint density at radius 2 is 2.13 bits per heavy atom. The second-order valence-corrected chi connectivity index (χ2v) is 6.29. The second kappa shape index (κ2) is 6.74. The van der Waals surface area contributed by atoms with Gasteiger partial charge in [0.2, 0.25) is 11.0 Å². The van der Waals surface area contributed by atoms with E-state index in [9.17, 15) is 9.59 Å². The fourth-order valence-corrected chi connectivity index (χ4v) is 2.90. The van der Waals surface area contributed by atoms with Crippen molar-refractivity contribution in [3.63, 3.8) is 0 Å². The Morgan fingerprint density at radius 3 is 2.74 bits per heavy atom. The molecule has 0 atom stereocenters. The van der Waals surface area contributed by atoms with Crippen molar-refractivity contribution >= 4 is 34.0 Å². The third-order valence-electron chi connectivity index (χ3n) is 3.36. The number of ether oxygens (including phenoxy) is 1. The minimum Gasteiger partial charge on any atom is -0.484 e. The summed E-state index contributed by atoms with van der Waals surface area (Å²) < 4.78 is 5.43. The monoisotopic (exact) mass is 332 g/mol. The van der Waals surface area contributed by atoms with Gasteiger partial charge in [0.15, 0.2) is 6.61 Å². The Bertz CT molecular complexity index is 714. The lowest BCUT2D eigenvalue weighted by molar-refractivity contribution is -0.118. The highest BCUT2D eigenvalue weighted by atomic mass is 32.1. The van der Waals surface area contributed by atoms with Gasteiger partial charge in [-0.2, -0.15) is 0 Å². The number of nitrogens with one attached hydrogen (secondary N) is 1. The zero-order chi connectivity index (χ0) is 16.2. The minimum absolute atomic E-state index is 0.110. The molecular formula is C15H16N4O3S. The summed E-state index contributed by atoms with van der Waals surface area (Å²) in [4.78, 5) is 25.2. The summed E-state index contributed by atoms with van der Waals surface area (Å²) in [6.45, 7) is 2.46.